The molecule has 0 bridgehead atoms. The lowest BCUT2D eigenvalue weighted by molar-refractivity contribution is -0.167. The Morgan fingerprint density at radius 3 is 2.60 bits per heavy atom. The number of ether oxygens (including phenoxy) is 2. The van der Waals surface area contributed by atoms with Gasteiger partial charge in [0.2, 0.25) is 0 Å². The van der Waals surface area contributed by atoms with E-state index in [1.165, 1.54) is 68.4 Å². The molecule has 1 amide bonds. The molecule has 1 aliphatic rings. The monoisotopic (exact) mass is 659 g/mol. The van der Waals surface area contributed by atoms with Gasteiger partial charge in [-0.1, -0.05) is 6.07 Å². The second-order valence-corrected chi connectivity index (χ2v) is 10.9. The predicted octanol–water partition coefficient (Wildman–Crippen LogP) is 2.73. The topological polar surface area (TPSA) is 145 Å². The van der Waals surface area contributed by atoms with E-state index in [1.807, 2.05) is 0 Å². The fraction of sp³-hybridized carbons (Fsp3) is 0.323. The third kappa shape index (κ3) is 6.40. The quantitative estimate of drug-likeness (QED) is 0.273. The van der Waals surface area contributed by atoms with E-state index in [4.69, 9.17) is 9.47 Å². The number of aryl methyl sites for hydroxylation is 2. The highest BCUT2D eigenvalue weighted by atomic mass is 19.4. The van der Waals surface area contributed by atoms with Gasteiger partial charge < -0.3 is 24.8 Å². The molecule has 0 saturated carbocycles. The van der Waals surface area contributed by atoms with E-state index in [9.17, 15) is 37.5 Å². The Balaban J connectivity index is 1.41. The largest absolute Gasteiger partial charge is 0.495 e. The van der Waals surface area contributed by atoms with Gasteiger partial charge in [0.15, 0.2) is 0 Å². The first-order chi connectivity index (χ1) is 22.2. The van der Waals surface area contributed by atoms with Crippen LogP contribution in [-0.2, 0) is 23.0 Å². The van der Waals surface area contributed by atoms with Crippen molar-refractivity contribution in [2.75, 3.05) is 31.8 Å². The number of fused-ring (bicyclic) bond motifs is 1. The van der Waals surface area contributed by atoms with Crippen molar-refractivity contribution in [1.29, 1.82) is 0 Å². The normalized spacial score (nSPS) is 15.8. The fourth-order valence-corrected chi connectivity index (χ4v) is 5.57. The summed E-state index contributed by atoms with van der Waals surface area (Å²) in [5.74, 6) is -3.61. The summed E-state index contributed by atoms with van der Waals surface area (Å²) < 4.78 is 68.5. The minimum absolute atomic E-state index is 0.00161. The van der Waals surface area contributed by atoms with Gasteiger partial charge in [0.25, 0.3) is 11.5 Å². The summed E-state index contributed by atoms with van der Waals surface area (Å²) in [7, 11) is 2.77. The van der Waals surface area contributed by atoms with E-state index in [0.29, 0.717) is 11.1 Å². The molecule has 2 aromatic carbocycles. The first-order valence-corrected chi connectivity index (χ1v) is 14.2. The van der Waals surface area contributed by atoms with E-state index in [0.717, 1.165) is 15.5 Å². The van der Waals surface area contributed by atoms with Crippen LogP contribution in [-0.4, -0.2) is 76.2 Å². The fourth-order valence-electron chi connectivity index (χ4n) is 5.57. The summed E-state index contributed by atoms with van der Waals surface area (Å²) in [5, 5.41) is 12.4. The van der Waals surface area contributed by atoms with Gasteiger partial charge in [0.05, 0.1) is 48.7 Å². The lowest BCUT2D eigenvalue weighted by Gasteiger charge is -2.38. The highest BCUT2D eigenvalue weighted by molar-refractivity contribution is 5.98. The summed E-state index contributed by atoms with van der Waals surface area (Å²) in [6.07, 6.45) is -2.16. The Morgan fingerprint density at radius 1 is 1.19 bits per heavy atom. The number of hydrogen-bond acceptors (Lipinski definition) is 8. The van der Waals surface area contributed by atoms with Gasteiger partial charge in [-0.25, -0.2) is 18.5 Å². The number of aliphatic carboxylic acids is 1. The number of morpholine rings is 1. The molecule has 0 aliphatic carbocycles. The van der Waals surface area contributed by atoms with Crippen LogP contribution < -0.4 is 26.2 Å². The number of alkyl halides is 3. The molecule has 0 spiro atoms. The average Bonchev–Trinajstić information content (AvgIpc) is 3.03. The molecule has 16 heteroatoms. The molecular weight excluding hydrogens is 630 g/mol. The van der Waals surface area contributed by atoms with Gasteiger partial charge in [-0.3, -0.25) is 19.1 Å². The zero-order valence-electron chi connectivity index (χ0n) is 25.3. The number of aromatic nitrogens is 3. The first kappa shape index (κ1) is 33.1. The molecule has 1 aliphatic heterocycles. The Hall–Kier alpha value is -5.25. The number of nitrogens with one attached hydrogen (secondary N) is 1. The van der Waals surface area contributed by atoms with Crippen LogP contribution >= 0.6 is 0 Å². The molecule has 0 unspecified atom stereocenters. The van der Waals surface area contributed by atoms with Crippen LogP contribution in [0.15, 0.2) is 58.4 Å². The summed E-state index contributed by atoms with van der Waals surface area (Å²) in [5.41, 5.74) is -1.19. The number of rotatable bonds is 8. The Kier molecular flexibility index (Phi) is 9.07. The maximum Gasteiger partial charge on any atom is 0.411 e. The molecule has 2 aromatic heterocycles. The van der Waals surface area contributed by atoms with Crippen LogP contribution in [0.25, 0.3) is 16.6 Å². The number of amides is 1. The van der Waals surface area contributed by atoms with Gasteiger partial charge >= 0.3 is 17.8 Å². The summed E-state index contributed by atoms with van der Waals surface area (Å²) in [4.78, 5) is 56.6. The van der Waals surface area contributed by atoms with Crippen molar-refractivity contribution in [3.05, 3.63) is 92.1 Å². The number of carboxylic acids is 1. The van der Waals surface area contributed by atoms with Crippen LogP contribution in [0.4, 0.5) is 23.2 Å². The molecule has 3 heterocycles. The van der Waals surface area contributed by atoms with E-state index in [2.05, 4.69) is 10.3 Å². The van der Waals surface area contributed by atoms with Crippen LogP contribution in [0.5, 0.6) is 5.75 Å². The zero-order chi connectivity index (χ0) is 34.2. The summed E-state index contributed by atoms with van der Waals surface area (Å²) >= 11 is 0. The van der Waals surface area contributed by atoms with Crippen molar-refractivity contribution in [2.45, 2.75) is 31.6 Å². The SMILES string of the molecule is COc1cc(C[C@H](NC(=O)c2c(C)cc(N3CCOC[C@@H]3C(F)(F)F)cc2F)C(=O)O)ccc1-n1c(=O)c2ccncc2n(C)c1=O. The first-order valence-electron chi connectivity index (χ1n) is 14.2. The Bertz CT molecular complexity index is 1970. The van der Waals surface area contributed by atoms with Crippen LogP contribution in [0.3, 0.4) is 0 Å². The number of carbonyl (C=O) groups excluding carboxylic acids is 1. The smallest absolute Gasteiger partial charge is 0.411 e. The standard InChI is InChI=1S/C31H29F4N5O7/c1-16-10-18(39-8-9-47-15-25(39)31(33,34)35)13-20(32)26(16)27(41)37-21(29(43)44)11-17-4-5-22(24(12-17)46-3)40-28(42)19-6-7-36-14-23(19)38(2)30(40)45/h4-7,10,12-14,21,25H,8-9,11,15H2,1-3H3,(H,37,41)(H,43,44)/t21-,25+/m0/s1. The van der Waals surface area contributed by atoms with Crippen molar-refractivity contribution in [3.63, 3.8) is 0 Å². The molecule has 5 rings (SSSR count). The molecule has 0 radical (unpaired) electrons. The lowest BCUT2D eigenvalue weighted by Crippen LogP contribution is -2.53. The van der Waals surface area contributed by atoms with Crippen LogP contribution in [0.2, 0.25) is 0 Å². The average molecular weight is 660 g/mol. The molecule has 1 fully saturated rings. The maximum absolute atomic E-state index is 15.3. The predicted molar refractivity (Wildman–Crippen MR) is 161 cm³/mol. The highest BCUT2D eigenvalue weighted by Gasteiger charge is 2.45. The van der Waals surface area contributed by atoms with Crippen molar-refractivity contribution >= 4 is 28.5 Å². The van der Waals surface area contributed by atoms with Crippen molar-refractivity contribution in [3.8, 4) is 11.4 Å². The minimum atomic E-state index is -4.64. The summed E-state index contributed by atoms with van der Waals surface area (Å²) in [6.45, 7) is 0.541. The third-order valence-corrected chi connectivity index (χ3v) is 7.94. The number of hydrogen-bond donors (Lipinski definition) is 2. The van der Waals surface area contributed by atoms with E-state index in [-0.39, 0.29) is 47.6 Å². The van der Waals surface area contributed by atoms with Crippen molar-refractivity contribution in [1.82, 2.24) is 19.4 Å². The van der Waals surface area contributed by atoms with Crippen molar-refractivity contribution < 1.29 is 41.7 Å². The van der Waals surface area contributed by atoms with Gasteiger partial charge in [-0.05, 0) is 48.4 Å². The number of carbonyl (C=O) groups is 2. The minimum Gasteiger partial charge on any atom is -0.495 e. The van der Waals surface area contributed by atoms with Gasteiger partial charge in [-0.2, -0.15) is 13.2 Å². The molecule has 12 nitrogen and oxygen atoms in total. The highest BCUT2D eigenvalue weighted by Crippen LogP contribution is 2.33. The summed E-state index contributed by atoms with van der Waals surface area (Å²) in [6, 6.07) is 4.17. The number of anilines is 1. The Labute approximate surface area is 263 Å². The van der Waals surface area contributed by atoms with E-state index < -0.39 is 59.4 Å². The molecule has 4 aromatic rings. The maximum atomic E-state index is 15.3. The molecule has 2 N–H and O–H groups in total. The number of benzene rings is 2. The molecule has 2 atom stereocenters. The molecular formula is C31H29F4N5O7. The number of methoxy groups -OCH3 is 1. The van der Waals surface area contributed by atoms with Gasteiger partial charge in [0.1, 0.15) is 23.7 Å². The third-order valence-electron chi connectivity index (χ3n) is 7.94. The number of nitrogens with zero attached hydrogens (tertiary/aromatic N) is 4. The Morgan fingerprint density at radius 2 is 1.94 bits per heavy atom. The second-order valence-electron chi connectivity index (χ2n) is 10.9. The van der Waals surface area contributed by atoms with Crippen molar-refractivity contribution in [2.24, 2.45) is 7.05 Å². The van der Waals surface area contributed by atoms with Gasteiger partial charge in [0, 0.05) is 31.9 Å². The second kappa shape index (κ2) is 12.9. The van der Waals surface area contributed by atoms with Gasteiger partial charge in [-0.15, -0.1) is 0 Å². The molecule has 47 heavy (non-hydrogen) atoms. The number of pyridine rings is 1. The lowest BCUT2D eigenvalue weighted by atomic mass is 10.0. The van der Waals surface area contributed by atoms with E-state index >= 15 is 4.39 Å². The molecule has 1 saturated heterocycles. The number of carboxylic acid groups (broad SMARTS) is 1. The number of halogens is 4. The zero-order valence-corrected chi connectivity index (χ0v) is 25.3. The molecule has 248 valence electrons. The van der Waals surface area contributed by atoms with Crippen LogP contribution in [0.1, 0.15) is 21.5 Å². The van der Waals surface area contributed by atoms with E-state index in [1.54, 1.807) is 0 Å². The van der Waals surface area contributed by atoms with Crippen LogP contribution in [0, 0.1) is 12.7 Å².